The van der Waals surface area contributed by atoms with Gasteiger partial charge in [-0.15, -0.1) is 0 Å². The number of ether oxygens (including phenoxy) is 2. The molecular weight excluding hydrogens is 406 g/mol. The molecule has 32 heavy (non-hydrogen) atoms. The van der Waals surface area contributed by atoms with Crippen molar-refractivity contribution in [2.45, 2.75) is 44.9 Å². The lowest BCUT2D eigenvalue weighted by Crippen LogP contribution is -2.38. The summed E-state index contributed by atoms with van der Waals surface area (Å²) in [5.41, 5.74) is 11.7. The fourth-order valence-electron chi connectivity index (χ4n) is 5.41. The van der Waals surface area contributed by atoms with Crippen LogP contribution in [0.25, 0.3) is 10.9 Å². The molecule has 0 spiro atoms. The van der Waals surface area contributed by atoms with Crippen LogP contribution in [0.3, 0.4) is 0 Å². The van der Waals surface area contributed by atoms with Gasteiger partial charge in [-0.2, -0.15) is 15.1 Å². The van der Waals surface area contributed by atoms with Crippen molar-refractivity contribution >= 4 is 22.4 Å². The van der Waals surface area contributed by atoms with Gasteiger partial charge in [0.1, 0.15) is 5.82 Å². The third-order valence-corrected chi connectivity index (χ3v) is 7.02. The molecule has 2 fully saturated rings. The average Bonchev–Trinajstić information content (AvgIpc) is 3.53. The van der Waals surface area contributed by atoms with Crippen molar-refractivity contribution in [1.29, 1.82) is 0 Å². The Morgan fingerprint density at radius 3 is 3.09 bits per heavy atom. The van der Waals surface area contributed by atoms with Gasteiger partial charge < -0.3 is 20.1 Å². The van der Waals surface area contributed by atoms with Crippen LogP contribution in [0.2, 0.25) is 0 Å². The number of rotatable bonds is 6. The number of fused-ring (bicyclic) bond motifs is 4. The molecular formula is C23H29N7O2. The molecule has 6 rings (SSSR count). The van der Waals surface area contributed by atoms with Crippen LogP contribution < -0.4 is 15.4 Å². The van der Waals surface area contributed by atoms with Crippen molar-refractivity contribution in [2.24, 2.45) is 0 Å². The highest BCUT2D eigenvalue weighted by Crippen LogP contribution is 2.34. The zero-order chi connectivity index (χ0) is 21.7. The summed E-state index contributed by atoms with van der Waals surface area (Å²) in [6.07, 6.45) is 5.26. The van der Waals surface area contributed by atoms with Gasteiger partial charge in [0.25, 0.3) is 0 Å². The van der Waals surface area contributed by atoms with Crippen LogP contribution in [0, 0.1) is 6.92 Å². The Labute approximate surface area is 186 Å². The van der Waals surface area contributed by atoms with E-state index in [2.05, 4.69) is 44.0 Å². The molecule has 3 N–H and O–H groups in total. The Morgan fingerprint density at radius 1 is 1.31 bits per heavy atom. The van der Waals surface area contributed by atoms with E-state index in [-0.39, 0.29) is 0 Å². The van der Waals surface area contributed by atoms with E-state index < -0.39 is 0 Å². The molecule has 3 aliphatic heterocycles. The van der Waals surface area contributed by atoms with Crippen LogP contribution in [0.5, 0.6) is 6.01 Å². The van der Waals surface area contributed by atoms with Crippen molar-refractivity contribution in [1.82, 2.24) is 25.1 Å². The quantitative estimate of drug-likeness (QED) is 0.567. The van der Waals surface area contributed by atoms with E-state index >= 15 is 0 Å². The standard InChI is InChI=1S/C23H29N7O2/c1-14-3-4-19-18(10-25-28-19)21(14)30-7-5-17-20(12-30)26-23(27-22(17)24)31-8-2-6-29-11-16-9-15(29)13-32-16/h3-4,10,15-16H,2,5-9,11-13H2,1H3,(H,25,28)(H2,24,26,27)/t15-,16-/m0/s1. The first-order valence-electron chi connectivity index (χ1n) is 11.5. The molecule has 5 heterocycles. The summed E-state index contributed by atoms with van der Waals surface area (Å²) in [5, 5.41) is 8.43. The number of aryl methyl sites for hydroxylation is 1. The monoisotopic (exact) mass is 435 g/mol. The lowest BCUT2D eigenvalue weighted by Gasteiger charge is -2.32. The first-order valence-corrected chi connectivity index (χ1v) is 11.5. The highest BCUT2D eigenvalue weighted by atomic mass is 16.5. The van der Waals surface area contributed by atoms with Gasteiger partial charge in [0.15, 0.2) is 0 Å². The second kappa shape index (κ2) is 7.90. The molecule has 0 saturated carbocycles. The minimum Gasteiger partial charge on any atom is -0.463 e. The van der Waals surface area contributed by atoms with E-state index in [1.807, 2.05) is 6.20 Å². The third kappa shape index (κ3) is 3.45. The maximum Gasteiger partial charge on any atom is 0.318 e. The Morgan fingerprint density at radius 2 is 2.25 bits per heavy atom. The number of hydrogen-bond acceptors (Lipinski definition) is 8. The maximum atomic E-state index is 6.29. The van der Waals surface area contributed by atoms with E-state index in [0.717, 1.165) is 61.2 Å². The van der Waals surface area contributed by atoms with Gasteiger partial charge in [0, 0.05) is 36.6 Å². The van der Waals surface area contributed by atoms with Crippen LogP contribution in [-0.2, 0) is 17.7 Å². The van der Waals surface area contributed by atoms with Crippen LogP contribution in [0.15, 0.2) is 18.3 Å². The molecule has 2 saturated heterocycles. The highest BCUT2D eigenvalue weighted by molar-refractivity contribution is 5.93. The molecule has 0 unspecified atom stereocenters. The number of morpholine rings is 1. The minimum absolute atomic E-state index is 0.382. The lowest BCUT2D eigenvalue weighted by atomic mass is 10.0. The Hall–Kier alpha value is -2.91. The molecule has 0 aliphatic carbocycles. The molecule has 0 amide bonds. The summed E-state index contributed by atoms with van der Waals surface area (Å²) in [6.45, 7) is 7.22. The van der Waals surface area contributed by atoms with E-state index in [1.54, 1.807) is 0 Å². The number of nitrogens with one attached hydrogen (secondary N) is 1. The van der Waals surface area contributed by atoms with E-state index in [1.165, 1.54) is 17.7 Å². The highest BCUT2D eigenvalue weighted by Gasteiger charge is 2.38. The summed E-state index contributed by atoms with van der Waals surface area (Å²) >= 11 is 0. The van der Waals surface area contributed by atoms with E-state index in [4.69, 9.17) is 20.2 Å². The second-order valence-electron chi connectivity index (χ2n) is 9.09. The van der Waals surface area contributed by atoms with Gasteiger partial charge in [-0.25, -0.2) is 0 Å². The smallest absolute Gasteiger partial charge is 0.318 e. The Bertz CT molecular complexity index is 1150. The second-order valence-corrected chi connectivity index (χ2v) is 9.09. The molecule has 9 heteroatoms. The molecule has 0 radical (unpaired) electrons. The maximum absolute atomic E-state index is 6.29. The Kier molecular flexibility index (Phi) is 4.87. The van der Waals surface area contributed by atoms with Crippen molar-refractivity contribution in [3.63, 3.8) is 0 Å². The molecule has 1 aromatic carbocycles. The van der Waals surface area contributed by atoms with Gasteiger partial charge in [0.2, 0.25) is 0 Å². The number of nitrogens with zero attached hydrogens (tertiary/aromatic N) is 5. The number of nitrogens with two attached hydrogens (primary N) is 1. The SMILES string of the molecule is Cc1ccc2[nH]ncc2c1N1CCc2c(N)nc(OCCCN3C[C@@H]4C[C@H]3CO4)nc2C1. The third-order valence-electron chi connectivity index (χ3n) is 7.02. The van der Waals surface area contributed by atoms with E-state index in [0.29, 0.717) is 37.1 Å². The van der Waals surface area contributed by atoms with Gasteiger partial charge in [0.05, 0.1) is 49.0 Å². The summed E-state index contributed by atoms with van der Waals surface area (Å²) in [5.74, 6) is 0.539. The summed E-state index contributed by atoms with van der Waals surface area (Å²) in [4.78, 5) is 14.0. The normalized spacial score (nSPS) is 22.6. The predicted octanol–water partition coefficient (Wildman–Crippen LogP) is 2.05. The summed E-state index contributed by atoms with van der Waals surface area (Å²) in [6, 6.07) is 5.18. The number of aromatic nitrogens is 4. The number of H-pyrrole nitrogens is 1. The van der Waals surface area contributed by atoms with Gasteiger partial charge in [-0.3, -0.25) is 10.00 Å². The minimum atomic E-state index is 0.382. The average molecular weight is 436 g/mol. The molecule has 168 valence electrons. The number of benzene rings is 1. The Balaban J connectivity index is 1.14. The van der Waals surface area contributed by atoms with Crippen LogP contribution in [-0.4, -0.2) is 70.1 Å². The van der Waals surface area contributed by atoms with Gasteiger partial charge >= 0.3 is 6.01 Å². The van der Waals surface area contributed by atoms with Crippen molar-refractivity contribution in [2.75, 3.05) is 43.5 Å². The molecule has 2 bridgehead atoms. The van der Waals surface area contributed by atoms with Crippen LogP contribution >= 0.6 is 0 Å². The first kappa shape index (κ1) is 19.8. The topological polar surface area (TPSA) is 105 Å². The largest absolute Gasteiger partial charge is 0.463 e. The molecule has 3 aliphatic rings. The molecule has 2 aromatic heterocycles. The number of nitrogen functional groups attached to an aromatic ring is 1. The van der Waals surface area contributed by atoms with Crippen molar-refractivity contribution < 1.29 is 9.47 Å². The number of likely N-dealkylation sites (tertiary alicyclic amines) is 1. The van der Waals surface area contributed by atoms with Crippen molar-refractivity contribution in [3.05, 3.63) is 35.2 Å². The summed E-state index contributed by atoms with van der Waals surface area (Å²) < 4.78 is 11.6. The first-order chi connectivity index (χ1) is 15.7. The van der Waals surface area contributed by atoms with Crippen molar-refractivity contribution in [3.8, 4) is 6.01 Å². The van der Waals surface area contributed by atoms with Gasteiger partial charge in [-0.1, -0.05) is 6.07 Å². The number of anilines is 2. The fraction of sp³-hybridized carbons (Fsp3) is 0.522. The predicted molar refractivity (Wildman–Crippen MR) is 122 cm³/mol. The molecule has 9 nitrogen and oxygen atoms in total. The fourth-order valence-corrected chi connectivity index (χ4v) is 5.41. The zero-order valence-corrected chi connectivity index (χ0v) is 18.4. The van der Waals surface area contributed by atoms with E-state index in [9.17, 15) is 0 Å². The van der Waals surface area contributed by atoms with Crippen LogP contribution in [0.4, 0.5) is 11.5 Å². The molecule has 3 aromatic rings. The van der Waals surface area contributed by atoms with Gasteiger partial charge in [-0.05, 0) is 37.8 Å². The summed E-state index contributed by atoms with van der Waals surface area (Å²) in [7, 11) is 0. The zero-order valence-electron chi connectivity index (χ0n) is 18.4. The number of hydrogen-bond donors (Lipinski definition) is 2. The molecule has 2 atom stereocenters. The number of aromatic amines is 1. The lowest BCUT2D eigenvalue weighted by molar-refractivity contribution is 0.0287. The van der Waals surface area contributed by atoms with Crippen LogP contribution in [0.1, 0.15) is 29.7 Å².